The maximum Gasteiger partial charge on any atom is 0.323 e. The van der Waals surface area contributed by atoms with Crippen LogP contribution in [0.3, 0.4) is 0 Å². The zero-order chi connectivity index (χ0) is 13.0. The lowest BCUT2D eigenvalue weighted by Gasteiger charge is -2.17. The van der Waals surface area contributed by atoms with Crippen molar-refractivity contribution in [2.24, 2.45) is 0 Å². The fourth-order valence-electron chi connectivity index (χ4n) is 1.57. The summed E-state index contributed by atoms with van der Waals surface area (Å²) in [7, 11) is 0. The molecular formula is C12H17NO4. The number of furan rings is 1. The second-order valence-electron chi connectivity index (χ2n) is 3.79. The molecule has 1 aromatic rings. The van der Waals surface area contributed by atoms with Gasteiger partial charge in [0, 0.05) is 18.5 Å². The molecule has 0 radical (unpaired) electrons. The second kappa shape index (κ2) is 5.52. The standard InChI is InChI=1S/C12H17NO4/c1-4-9-6-8(3)11(17-9)12(16)13(5-2)7-10(14)15/h6H,4-5,7H2,1-3H3,(H,14,15). The van der Waals surface area contributed by atoms with Crippen LogP contribution < -0.4 is 0 Å². The fourth-order valence-corrected chi connectivity index (χ4v) is 1.57. The van der Waals surface area contributed by atoms with Gasteiger partial charge in [-0.2, -0.15) is 0 Å². The molecule has 1 heterocycles. The van der Waals surface area contributed by atoms with E-state index in [4.69, 9.17) is 9.52 Å². The van der Waals surface area contributed by atoms with Crippen molar-refractivity contribution in [3.63, 3.8) is 0 Å². The SMILES string of the molecule is CCc1cc(C)c(C(=O)N(CC)CC(=O)O)o1. The van der Waals surface area contributed by atoms with Gasteiger partial charge in [-0.05, 0) is 19.9 Å². The zero-order valence-electron chi connectivity index (χ0n) is 10.3. The van der Waals surface area contributed by atoms with E-state index < -0.39 is 5.97 Å². The van der Waals surface area contributed by atoms with Crippen LogP contribution in [0.25, 0.3) is 0 Å². The highest BCUT2D eigenvalue weighted by Gasteiger charge is 2.22. The Kier molecular flexibility index (Phi) is 4.31. The normalized spacial score (nSPS) is 10.3. The topological polar surface area (TPSA) is 70.8 Å². The van der Waals surface area contributed by atoms with Crippen molar-refractivity contribution in [2.45, 2.75) is 27.2 Å². The number of likely N-dealkylation sites (N-methyl/N-ethyl adjacent to an activating group) is 1. The fraction of sp³-hybridized carbons (Fsp3) is 0.500. The maximum absolute atomic E-state index is 12.0. The smallest absolute Gasteiger partial charge is 0.323 e. The number of aliphatic carboxylic acids is 1. The van der Waals surface area contributed by atoms with Crippen LogP contribution in [0.1, 0.15) is 35.7 Å². The predicted octanol–water partition coefficient (Wildman–Crippen LogP) is 1.70. The Bertz CT molecular complexity index is 422. The van der Waals surface area contributed by atoms with E-state index >= 15 is 0 Å². The largest absolute Gasteiger partial charge is 0.480 e. The van der Waals surface area contributed by atoms with Gasteiger partial charge < -0.3 is 14.4 Å². The molecule has 0 saturated heterocycles. The Labute approximate surface area is 100 Å². The summed E-state index contributed by atoms with van der Waals surface area (Å²) in [6.07, 6.45) is 0.708. The van der Waals surface area contributed by atoms with E-state index in [9.17, 15) is 9.59 Å². The number of carbonyl (C=O) groups excluding carboxylic acids is 1. The second-order valence-corrected chi connectivity index (χ2v) is 3.79. The first-order valence-corrected chi connectivity index (χ1v) is 5.59. The molecule has 0 atom stereocenters. The Morgan fingerprint density at radius 2 is 2.06 bits per heavy atom. The van der Waals surface area contributed by atoms with E-state index in [1.165, 1.54) is 4.90 Å². The summed E-state index contributed by atoms with van der Waals surface area (Å²) >= 11 is 0. The average Bonchev–Trinajstić information content (AvgIpc) is 2.66. The molecule has 0 aliphatic heterocycles. The summed E-state index contributed by atoms with van der Waals surface area (Å²) in [4.78, 5) is 23.9. The lowest BCUT2D eigenvalue weighted by molar-refractivity contribution is -0.137. The highest BCUT2D eigenvalue weighted by atomic mass is 16.4. The number of carbonyl (C=O) groups is 2. The van der Waals surface area contributed by atoms with Gasteiger partial charge in [-0.1, -0.05) is 6.92 Å². The maximum atomic E-state index is 12.0. The highest BCUT2D eigenvalue weighted by molar-refractivity contribution is 5.94. The van der Waals surface area contributed by atoms with Gasteiger partial charge in [-0.25, -0.2) is 0 Å². The highest BCUT2D eigenvalue weighted by Crippen LogP contribution is 2.17. The minimum Gasteiger partial charge on any atom is -0.480 e. The Morgan fingerprint density at radius 3 is 2.47 bits per heavy atom. The molecule has 5 heteroatoms. The van der Waals surface area contributed by atoms with Crippen molar-refractivity contribution < 1.29 is 19.1 Å². The van der Waals surface area contributed by atoms with Crippen LogP contribution in [0.2, 0.25) is 0 Å². The third-order valence-electron chi connectivity index (χ3n) is 2.51. The molecule has 17 heavy (non-hydrogen) atoms. The minimum absolute atomic E-state index is 0.241. The van der Waals surface area contributed by atoms with Crippen LogP contribution in [0.15, 0.2) is 10.5 Å². The van der Waals surface area contributed by atoms with Gasteiger partial charge in [0.05, 0.1) is 0 Å². The molecule has 0 aliphatic rings. The number of rotatable bonds is 5. The predicted molar refractivity (Wildman–Crippen MR) is 62.0 cm³/mol. The van der Waals surface area contributed by atoms with Crippen molar-refractivity contribution in [2.75, 3.05) is 13.1 Å². The summed E-state index contributed by atoms with van der Waals surface area (Å²) in [5.41, 5.74) is 0.746. The van der Waals surface area contributed by atoms with Crippen LogP contribution in [0, 0.1) is 6.92 Å². The number of carboxylic acid groups (broad SMARTS) is 1. The van der Waals surface area contributed by atoms with Crippen LogP contribution in [-0.4, -0.2) is 35.0 Å². The molecule has 0 fully saturated rings. The molecular weight excluding hydrogens is 222 g/mol. The summed E-state index contributed by atoms with van der Waals surface area (Å²) < 4.78 is 5.41. The molecule has 1 amide bonds. The van der Waals surface area contributed by atoms with Crippen molar-refractivity contribution >= 4 is 11.9 Å². The van der Waals surface area contributed by atoms with E-state index in [0.717, 1.165) is 11.3 Å². The number of hydrogen-bond donors (Lipinski definition) is 1. The molecule has 0 unspecified atom stereocenters. The Morgan fingerprint density at radius 1 is 1.41 bits per heavy atom. The first-order valence-electron chi connectivity index (χ1n) is 5.59. The molecule has 0 saturated carbocycles. The van der Waals surface area contributed by atoms with Gasteiger partial charge in [0.25, 0.3) is 5.91 Å². The van der Waals surface area contributed by atoms with Crippen molar-refractivity contribution in [1.29, 1.82) is 0 Å². The first-order chi connectivity index (χ1) is 7.99. The van der Waals surface area contributed by atoms with Crippen molar-refractivity contribution in [3.8, 4) is 0 Å². The number of carboxylic acids is 1. The van der Waals surface area contributed by atoms with Crippen molar-refractivity contribution in [1.82, 2.24) is 4.90 Å². The van der Waals surface area contributed by atoms with Crippen LogP contribution >= 0.6 is 0 Å². The lowest BCUT2D eigenvalue weighted by atomic mass is 10.2. The van der Waals surface area contributed by atoms with Gasteiger partial charge in [0.2, 0.25) is 0 Å². The van der Waals surface area contributed by atoms with Gasteiger partial charge in [-0.15, -0.1) is 0 Å². The molecule has 0 aliphatic carbocycles. The number of hydrogen-bond acceptors (Lipinski definition) is 3. The monoisotopic (exact) mass is 239 g/mol. The molecule has 0 spiro atoms. The molecule has 5 nitrogen and oxygen atoms in total. The summed E-state index contributed by atoms with van der Waals surface area (Å²) in [6, 6.07) is 1.81. The molecule has 0 aromatic carbocycles. The molecule has 1 rings (SSSR count). The van der Waals surface area contributed by atoms with Crippen LogP contribution in [0.4, 0.5) is 0 Å². The quantitative estimate of drug-likeness (QED) is 0.848. The third kappa shape index (κ3) is 3.09. The van der Waals surface area contributed by atoms with E-state index in [0.29, 0.717) is 13.0 Å². The van der Waals surface area contributed by atoms with Crippen molar-refractivity contribution in [3.05, 3.63) is 23.2 Å². The average molecular weight is 239 g/mol. The van der Waals surface area contributed by atoms with E-state index in [1.807, 2.05) is 13.0 Å². The van der Waals surface area contributed by atoms with E-state index in [1.54, 1.807) is 13.8 Å². The minimum atomic E-state index is -1.03. The van der Waals surface area contributed by atoms with Gasteiger partial charge in [0.1, 0.15) is 12.3 Å². The Hall–Kier alpha value is -1.78. The molecule has 94 valence electrons. The van der Waals surface area contributed by atoms with Gasteiger partial charge in [-0.3, -0.25) is 9.59 Å². The third-order valence-corrected chi connectivity index (χ3v) is 2.51. The van der Waals surface area contributed by atoms with Gasteiger partial charge in [0.15, 0.2) is 5.76 Å². The number of aryl methyl sites for hydroxylation is 2. The molecule has 0 bridgehead atoms. The summed E-state index contributed by atoms with van der Waals surface area (Å²) in [5.74, 6) is -0.422. The first kappa shape index (κ1) is 13.3. The van der Waals surface area contributed by atoms with E-state index in [2.05, 4.69) is 0 Å². The zero-order valence-corrected chi connectivity index (χ0v) is 10.3. The van der Waals surface area contributed by atoms with Crippen LogP contribution in [0.5, 0.6) is 0 Å². The van der Waals surface area contributed by atoms with Crippen LogP contribution in [-0.2, 0) is 11.2 Å². The molecule has 1 N–H and O–H groups in total. The van der Waals surface area contributed by atoms with E-state index in [-0.39, 0.29) is 18.2 Å². The Balaban J connectivity index is 2.93. The van der Waals surface area contributed by atoms with Gasteiger partial charge >= 0.3 is 5.97 Å². The summed E-state index contributed by atoms with van der Waals surface area (Å²) in [5, 5.41) is 8.71. The lowest BCUT2D eigenvalue weighted by Crippen LogP contribution is -2.35. The number of amides is 1. The summed E-state index contributed by atoms with van der Waals surface area (Å²) in [6.45, 7) is 5.48. The molecule has 1 aromatic heterocycles. The number of nitrogens with zero attached hydrogens (tertiary/aromatic N) is 1.